The van der Waals surface area contributed by atoms with Gasteiger partial charge >= 0.3 is 0 Å². The van der Waals surface area contributed by atoms with Crippen molar-refractivity contribution in [3.63, 3.8) is 0 Å². The van der Waals surface area contributed by atoms with Gasteiger partial charge in [-0.15, -0.1) is 0 Å². The van der Waals surface area contributed by atoms with Gasteiger partial charge in [0.2, 0.25) is 6.79 Å². The van der Waals surface area contributed by atoms with Crippen molar-refractivity contribution in [3.8, 4) is 11.5 Å². The SMILES string of the molecule is Cc1c(Cl)c(Cl)nc(Nc2ccc3c(c2)OCO3)c1Cl. The molecule has 2 heterocycles. The molecule has 0 atom stereocenters. The third-order valence-corrected chi connectivity index (χ3v) is 4.19. The molecule has 0 spiro atoms. The fourth-order valence-electron chi connectivity index (χ4n) is 1.82. The van der Waals surface area contributed by atoms with E-state index in [0.717, 1.165) is 5.69 Å². The van der Waals surface area contributed by atoms with E-state index in [1.165, 1.54) is 0 Å². The lowest BCUT2D eigenvalue weighted by Gasteiger charge is -2.11. The van der Waals surface area contributed by atoms with E-state index in [0.29, 0.717) is 32.9 Å². The number of aromatic nitrogens is 1. The Balaban J connectivity index is 1.96. The molecule has 20 heavy (non-hydrogen) atoms. The molecule has 1 N–H and O–H groups in total. The maximum atomic E-state index is 6.21. The van der Waals surface area contributed by atoms with Gasteiger partial charge in [0.25, 0.3) is 0 Å². The van der Waals surface area contributed by atoms with Gasteiger partial charge in [0.05, 0.1) is 10.0 Å². The van der Waals surface area contributed by atoms with Crippen LogP contribution < -0.4 is 14.8 Å². The molecular formula is C13H9Cl3N2O2. The minimum atomic E-state index is 0.205. The summed E-state index contributed by atoms with van der Waals surface area (Å²) in [6.45, 7) is 2.01. The van der Waals surface area contributed by atoms with Crippen LogP contribution in [-0.2, 0) is 0 Å². The van der Waals surface area contributed by atoms with Crippen LogP contribution in [0.5, 0.6) is 11.5 Å². The van der Waals surface area contributed by atoms with Crippen LogP contribution in [0.2, 0.25) is 15.2 Å². The van der Waals surface area contributed by atoms with Crippen molar-refractivity contribution in [2.45, 2.75) is 6.92 Å². The number of benzene rings is 1. The van der Waals surface area contributed by atoms with Crippen molar-refractivity contribution in [1.29, 1.82) is 0 Å². The Kier molecular flexibility index (Phi) is 3.54. The number of fused-ring (bicyclic) bond motifs is 1. The predicted molar refractivity (Wildman–Crippen MR) is 79.9 cm³/mol. The monoisotopic (exact) mass is 330 g/mol. The van der Waals surface area contributed by atoms with Gasteiger partial charge in [-0.1, -0.05) is 34.8 Å². The molecule has 1 aromatic heterocycles. The van der Waals surface area contributed by atoms with E-state index in [9.17, 15) is 0 Å². The number of hydrogen-bond donors (Lipinski definition) is 1. The van der Waals surface area contributed by atoms with E-state index in [1.54, 1.807) is 13.0 Å². The van der Waals surface area contributed by atoms with E-state index in [4.69, 9.17) is 44.3 Å². The van der Waals surface area contributed by atoms with Gasteiger partial charge in [0, 0.05) is 11.8 Å². The fraction of sp³-hybridized carbons (Fsp3) is 0.154. The summed E-state index contributed by atoms with van der Waals surface area (Å²) in [7, 11) is 0. The minimum Gasteiger partial charge on any atom is -0.454 e. The van der Waals surface area contributed by atoms with Crippen LogP contribution in [0.15, 0.2) is 18.2 Å². The van der Waals surface area contributed by atoms with Gasteiger partial charge in [-0.2, -0.15) is 0 Å². The third-order valence-electron chi connectivity index (χ3n) is 2.89. The Morgan fingerprint density at radius 1 is 1.10 bits per heavy atom. The number of halogens is 3. The fourth-order valence-corrected chi connectivity index (χ4v) is 2.41. The summed E-state index contributed by atoms with van der Waals surface area (Å²) in [6.07, 6.45) is 0. The molecular weight excluding hydrogens is 323 g/mol. The topological polar surface area (TPSA) is 43.4 Å². The highest BCUT2D eigenvalue weighted by Gasteiger charge is 2.16. The van der Waals surface area contributed by atoms with Gasteiger partial charge in [-0.3, -0.25) is 0 Å². The van der Waals surface area contributed by atoms with Gasteiger partial charge < -0.3 is 14.8 Å². The van der Waals surface area contributed by atoms with Gasteiger partial charge in [-0.05, 0) is 24.6 Å². The van der Waals surface area contributed by atoms with Crippen LogP contribution in [-0.4, -0.2) is 11.8 Å². The molecule has 1 aliphatic heterocycles. The summed E-state index contributed by atoms with van der Waals surface area (Å²) in [6, 6.07) is 5.45. The normalized spacial score (nSPS) is 12.6. The molecule has 7 heteroatoms. The highest BCUT2D eigenvalue weighted by atomic mass is 35.5. The highest BCUT2D eigenvalue weighted by Crippen LogP contribution is 2.38. The second kappa shape index (κ2) is 5.20. The molecule has 4 nitrogen and oxygen atoms in total. The van der Waals surface area contributed by atoms with Crippen molar-refractivity contribution >= 4 is 46.3 Å². The second-order valence-electron chi connectivity index (χ2n) is 4.20. The first-order valence-corrected chi connectivity index (χ1v) is 6.87. The first-order chi connectivity index (χ1) is 9.56. The molecule has 1 aromatic carbocycles. The summed E-state index contributed by atoms with van der Waals surface area (Å²) in [5.41, 5.74) is 1.44. The van der Waals surface area contributed by atoms with Crippen LogP contribution in [0.4, 0.5) is 11.5 Å². The lowest BCUT2D eigenvalue weighted by atomic mass is 10.2. The van der Waals surface area contributed by atoms with Crippen molar-refractivity contribution < 1.29 is 9.47 Å². The van der Waals surface area contributed by atoms with Crippen LogP contribution in [0.25, 0.3) is 0 Å². The van der Waals surface area contributed by atoms with Crippen molar-refractivity contribution in [1.82, 2.24) is 4.98 Å². The lowest BCUT2D eigenvalue weighted by molar-refractivity contribution is 0.174. The Bertz CT molecular complexity index is 692. The first-order valence-electron chi connectivity index (χ1n) is 5.74. The van der Waals surface area contributed by atoms with Crippen molar-refractivity contribution in [2.75, 3.05) is 12.1 Å². The zero-order chi connectivity index (χ0) is 14.3. The smallest absolute Gasteiger partial charge is 0.231 e. The zero-order valence-electron chi connectivity index (χ0n) is 10.3. The largest absolute Gasteiger partial charge is 0.454 e. The van der Waals surface area contributed by atoms with Crippen molar-refractivity contribution in [2.24, 2.45) is 0 Å². The molecule has 0 unspecified atom stereocenters. The minimum absolute atomic E-state index is 0.205. The van der Waals surface area contributed by atoms with Crippen LogP contribution in [0.3, 0.4) is 0 Å². The summed E-state index contributed by atoms with van der Waals surface area (Å²) in [4.78, 5) is 4.14. The quantitative estimate of drug-likeness (QED) is 0.801. The number of rotatable bonds is 2. The zero-order valence-corrected chi connectivity index (χ0v) is 12.6. The average Bonchev–Trinajstić information content (AvgIpc) is 2.90. The Morgan fingerprint density at radius 3 is 2.65 bits per heavy atom. The standard InChI is InChI=1S/C13H9Cl3N2O2/c1-6-10(14)12(16)18-13(11(6)15)17-7-2-3-8-9(4-7)20-5-19-8/h2-4H,5H2,1H3,(H,17,18). The molecule has 0 bridgehead atoms. The first kappa shape index (κ1) is 13.6. The summed E-state index contributed by atoms with van der Waals surface area (Å²) < 4.78 is 10.6. The van der Waals surface area contributed by atoms with E-state index < -0.39 is 0 Å². The maximum absolute atomic E-state index is 6.21. The summed E-state index contributed by atoms with van der Waals surface area (Å²) in [5.74, 6) is 1.82. The highest BCUT2D eigenvalue weighted by molar-refractivity contribution is 6.43. The van der Waals surface area contributed by atoms with Gasteiger partial charge in [0.15, 0.2) is 17.3 Å². The molecule has 2 aromatic rings. The number of nitrogens with one attached hydrogen (secondary N) is 1. The summed E-state index contributed by atoms with van der Waals surface area (Å²) >= 11 is 18.2. The van der Waals surface area contributed by atoms with E-state index in [2.05, 4.69) is 10.3 Å². The molecule has 0 fully saturated rings. The number of pyridine rings is 1. The van der Waals surface area contributed by atoms with E-state index in [-0.39, 0.29) is 11.9 Å². The maximum Gasteiger partial charge on any atom is 0.231 e. The van der Waals surface area contributed by atoms with Gasteiger partial charge in [0.1, 0.15) is 5.15 Å². The number of ether oxygens (including phenoxy) is 2. The molecule has 0 saturated heterocycles. The number of anilines is 2. The second-order valence-corrected chi connectivity index (χ2v) is 5.31. The number of nitrogens with zero attached hydrogens (tertiary/aromatic N) is 1. The molecule has 0 aliphatic carbocycles. The van der Waals surface area contributed by atoms with Crippen LogP contribution >= 0.6 is 34.8 Å². The van der Waals surface area contributed by atoms with Gasteiger partial charge in [-0.25, -0.2) is 4.98 Å². The van der Waals surface area contributed by atoms with Crippen LogP contribution in [0.1, 0.15) is 5.56 Å². The van der Waals surface area contributed by atoms with E-state index in [1.807, 2.05) is 12.1 Å². The molecule has 104 valence electrons. The molecule has 1 aliphatic rings. The molecule has 0 saturated carbocycles. The molecule has 0 amide bonds. The Hall–Kier alpha value is -1.36. The molecule has 3 rings (SSSR count). The average molecular weight is 332 g/mol. The van der Waals surface area contributed by atoms with E-state index >= 15 is 0 Å². The Morgan fingerprint density at radius 2 is 1.85 bits per heavy atom. The number of hydrogen-bond acceptors (Lipinski definition) is 4. The lowest BCUT2D eigenvalue weighted by Crippen LogP contribution is -1.97. The summed E-state index contributed by atoms with van der Waals surface area (Å²) in [5, 5.41) is 4.08. The Labute approximate surface area is 130 Å². The third kappa shape index (κ3) is 2.35. The predicted octanol–water partition coefficient (Wildman–Crippen LogP) is 4.82. The van der Waals surface area contributed by atoms with Crippen LogP contribution in [0, 0.1) is 6.92 Å². The van der Waals surface area contributed by atoms with Crippen molar-refractivity contribution in [3.05, 3.63) is 39.0 Å². The molecule has 0 radical (unpaired) electrons.